The van der Waals surface area contributed by atoms with Gasteiger partial charge >= 0.3 is 0 Å². The molecule has 3 heteroatoms. The Balaban J connectivity index is 2.24. The molecule has 0 bridgehead atoms. The number of aromatic nitrogens is 1. The maximum absolute atomic E-state index is 12.1. The molecule has 0 atom stereocenters. The van der Waals surface area contributed by atoms with Crippen molar-refractivity contribution in [2.24, 2.45) is 0 Å². The minimum Gasteiger partial charge on any atom is -0.339 e. The highest BCUT2D eigenvalue weighted by atomic mass is 16.1. The lowest BCUT2D eigenvalue weighted by Gasteiger charge is -2.19. The van der Waals surface area contributed by atoms with Gasteiger partial charge in [-0.1, -0.05) is 39.0 Å². The van der Waals surface area contributed by atoms with E-state index in [1.54, 1.807) is 6.92 Å². The lowest BCUT2D eigenvalue weighted by molar-refractivity contribution is 0.101. The first-order valence-electron chi connectivity index (χ1n) is 9.38. The zero-order valence-electron chi connectivity index (χ0n) is 15.8. The molecule has 3 rings (SSSR count). The van der Waals surface area contributed by atoms with Gasteiger partial charge in [0.2, 0.25) is 0 Å². The minimum atomic E-state index is 0.152. The van der Waals surface area contributed by atoms with Crippen molar-refractivity contribution in [1.82, 2.24) is 9.47 Å². The van der Waals surface area contributed by atoms with Crippen LogP contribution in [0, 0.1) is 0 Å². The largest absolute Gasteiger partial charge is 0.339 e. The first kappa shape index (κ1) is 17.7. The third kappa shape index (κ3) is 3.09. The van der Waals surface area contributed by atoms with Crippen LogP contribution in [0.15, 0.2) is 36.4 Å². The highest BCUT2D eigenvalue weighted by Crippen LogP contribution is 2.33. The minimum absolute atomic E-state index is 0.152. The maximum atomic E-state index is 12.1. The number of Topliss-reactive ketones (excluding diaryl/α,β-unsaturated/α-hetero) is 1. The molecule has 0 saturated carbocycles. The molecule has 0 spiro atoms. The van der Waals surface area contributed by atoms with Crippen molar-refractivity contribution in [3.63, 3.8) is 0 Å². The molecule has 3 nitrogen and oxygen atoms in total. The van der Waals surface area contributed by atoms with Gasteiger partial charge in [0, 0.05) is 40.5 Å². The Morgan fingerprint density at radius 1 is 1.00 bits per heavy atom. The number of carbonyl (C=O) groups is 1. The number of para-hydroxylation sites is 1. The molecule has 1 aromatic heterocycles. The van der Waals surface area contributed by atoms with E-state index in [9.17, 15) is 4.79 Å². The van der Waals surface area contributed by atoms with Crippen molar-refractivity contribution in [2.45, 2.75) is 40.7 Å². The zero-order chi connectivity index (χ0) is 18.0. The number of likely N-dealkylation sites (N-methyl/N-ethyl adjacent to an activating group) is 1. The summed E-state index contributed by atoms with van der Waals surface area (Å²) in [6.07, 6.45) is 0.871. The number of benzene rings is 2. The van der Waals surface area contributed by atoms with Gasteiger partial charge in [-0.15, -0.1) is 0 Å². The molecule has 0 aliphatic heterocycles. The van der Waals surface area contributed by atoms with E-state index >= 15 is 0 Å². The van der Waals surface area contributed by atoms with Crippen LogP contribution < -0.4 is 0 Å². The molecule has 0 radical (unpaired) electrons. The number of ketones is 1. The second kappa shape index (κ2) is 7.40. The van der Waals surface area contributed by atoms with Crippen LogP contribution in [-0.2, 0) is 13.0 Å². The van der Waals surface area contributed by atoms with Gasteiger partial charge in [-0.3, -0.25) is 4.79 Å². The van der Waals surface area contributed by atoms with E-state index in [2.05, 4.69) is 60.6 Å². The fraction of sp³-hybridized carbons (Fsp3) is 0.409. The van der Waals surface area contributed by atoms with Crippen molar-refractivity contribution in [1.29, 1.82) is 0 Å². The molecular formula is C22H28N2O. The molecule has 0 amide bonds. The summed E-state index contributed by atoms with van der Waals surface area (Å²) in [5, 5.41) is 2.52. The van der Waals surface area contributed by atoms with Crippen molar-refractivity contribution >= 4 is 27.6 Å². The summed E-state index contributed by atoms with van der Waals surface area (Å²) in [6, 6.07) is 12.7. The van der Waals surface area contributed by atoms with E-state index in [4.69, 9.17) is 0 Å². The number of fused-ring (bicyclic) bond motifs is 3. The van der Waals surface area contributed by atoms with Crippen LogP contribution in [0.1, 0.15) is 43.6 Å². The van der Waals surface area contributed by atoms with Gasteiger partial charge in [0.1, 0.15) is 0 Å². The summed E-state index contributed by atoms with van der Waals surface area (Å²) in [6.45, 7) is 12.4. The van der Waals surface area contributed by atoms with Gasteiger partial charge in [-0.2, -0.15) is 0 Å². The molecule has 25 heavy (non-hydrogen) atoms. The van der Waals surface area contributed by atoms with Crippen LogP contribution in [0.2, 0.25) is 0 Å². The lowest BCUT2D eigenvalue weighted by atomic mass is 9.96. The predicted molar refractivity (Wildman–Crippen MR) is 107 cm³/mol. The summed E-state index contributed by atoms with van der Waals surface area (Å²) in [5.74, 6) is 0.152. The van der Waals surface area contributed by atoms with Crippen LogP contribution in [0.5, 0.6) is 0 Å². The Labute approximate surface area is 150 Å². The lowest BCUT2D eigenvalue weighted by Crippen LogP contribution is -2.26. The Morgan fingerprint density at radius 2 is 1.72 bits per heavy atom. The molecule has 0 unspecified atom stereocenters. The summed E-state index contributed by atoms with van der Waals surface area (Å²) < 4.78 is 2.42. The summed E-state index contributed by atoms with van der Waals surface area (Å²) in [5.41, 5.74) is 4.56. The third-order valence-corrected chi connectivity index (χ3v) is 5.31. The number of hydrogen-bond donors (Lipinski definition) is 0. The quantitative estimate of drug-likeness (QED) is 0.573. The number of nitrogens with zero attached hydrogens (tertiary/aromatic N) is 2. The van der Waals surface area contributed by atoms with Crippen LogP contribution in [-0.4, -0.2) is 34.9 Å². The zero-order valence-corrected chi connectivity index (χ0v) is 15.8. The summed E-state index contributed by atoms with van der Waals surface area (Å²) >= 11 is 0. The molecule has 2 aromatic carbocycles. The summed E-state index contributed by atoms with van der Waals surface area (Å²) in [4.78, 5) is 14.5. The first-order chi connectivity index (χ1) is 12.1. The Hall–Kier alpha value is -2.13. The van der Waals surface area contributed by atoms with Gasteiger partial charge in [-0.05, 0) is 50.2 Å². The number of carbonyl (C=O) groups excluding carboxylic acids is 1. The fourth-order valence-corrected chi connectivity index (χ4v) is 3.93. The molecule has 1 heterocycles. The Bertz CT molecular complexity index is 903. The molecule has 0 saturated heterocycles. The van der Waals surface area contributed by atoms with E-state index in [1.807, 2.05) is 6.07 Å². The molecular weight excluding hydrogens is 308 g/mol. The van der Waals surface area contributed by atoms with E-state index < -0.39 is 0 Å². The van der Waals surface area contributed by atoms with Gasteiger partial charge in [0.15, 0.2) is 5.78 Å². The third-order valence-electron chi connectivity index (χ3n) is 5.31. The average Bonchev–Trinajstić information content (AvgIpc) is 2.96. The normalized spacial score (nSPS) is 11.7. The second-order valence-corrected chi connectivity index (χ2v) is 6.59. The fourth-order valence-electron chi connectivity index (χ4n) is 3.93. The van der Waals surface area contributed by atoms with Crippen molar-refractivity contribution < 1.29 is 4.79 Å². The number of rotatable bonds is 7. The van der Waals surface area contributed by atoms with Gasteiger partial charge in [0.05, 0.1) is 0 Å². The number of aryl methyl sites for hydroxylation is 1. The summed E-state index contributed by atoms with van der Waals surface area (Å²) in [7, 11) is 0. The van der Waals surface area contributed by atoms with E-state index in [-0.39, 0.29) is 5.78 Å². The Morgan fingerprint density at radius 3 is 2.36 bits per heavy atom. The molecule has 132 valence electrons. The molecule has 0 N–H and O–H groups in total. The van der Waals surface area contributed by atoms with Crippen LogP contribution in [0.4, 0.5) is 0 Å². The maximum Gasteiger partial charge on any atom is 0.160 e. The van der Waals surface area contributed by atoms with Crippen LogP contribution >= 0.6 is 0 Å². The van der Waals surface area contributed by atoms with Crippen LogP contribution in [0.25, 0.3) is 21.8 Å². The van der Waals surface area contributed by atoms with E-state index in [1.165, 1.54) is 27.4 Å². The smallest absolute Gasteiger partial charge is 0.160 e. The van der Waals surface area contributed by atoms with Gasteiger partial charge in [-0.25, -0.2) is 0 Å². The van der Waals surface area contributed by atoms with E-state index in [0.717, 1.165) is 38.2 Å². The topological polar surface area (TPSA) is 25.2 Å². The first-order valence-corrected chi connectivity index (χ1v) is 9.38. The average molecular weight is 336 g/mol. The van der Waals surface area contributed by atoms with Gasteiger partial charge < -0.3 is 9.47 Å². The van der Waals surface area contributed by atoms with Crippen LogP contribution in [0.3, 0.4) is 0 Å². The highest BCUT2D eigenvalue weighted by Gasteiger charge is 2.17. The van der Waals surface area contributed by atoms with Crippen molar-refractivity contribution in [3.05, 3.63) is 47.5 Å². The molecule has 0 aliphatic carbocycles. The second-order valence-electron chi connectivity index (χ2n) is 6.59. The van der Waals surface area contributed by atoms with E-state index in [0.29, 0.717) is 0 Å². The standard InChI is InChI=1S/C22H28N2O/c1-5-17-18(16(4)25)12-13-21-22(17)19-10-8-9-11-20(19)24(21)15-14-23(6-2)7-3/h8-13H,5-7,14-15H2,1-4H3. The number of hydrogen-bond acceptors (Lipinski definition) is 2. The van der Waals surface area contributed by atoms with Crippen molar-refractivity contribution in [3.8, 4) is 0 Å². The molecule has 0 fully saturated rings. The van der Waals surface area contributed by atoms with Crippen molar-refractivity contribution in [2.75, 3.05) is 19.6 Å². The Kier molecular flexibility index (Phi) is 5.24. The SMILES string of the molecule is CCc1c(C(C)=O)ccc2c1c1ccccc1n2CCN(CC)CC. The predicted octanol–water partition coefficient (Wildman–Crippen LogP) is 4.90. The monoisotopic (exact) mass is 336 g/mol. The van der Waals surface area contributed by atoms with Gasteiger partial charge in [0.25, 0.3) is 0 Å². The molecule has 3 aromatic rings. The highest BCUT2D eigenvalue weighted by molar-refractivity contribution is 6.13. The molecule has 0 aliphatic rings.